The second kappa shape index (κ2) is 6.01. The molecule has 1 saturated carbocycles. The van der Waals surface area contributed by atoms with Crippen LogP contribution in [-0.2, 0) is 29.9 Å². The highest BCUT2D eigenvalue weighted by molar-refractivity contribution is 7.86. The fraction of sp³-hybridized carbons (Fsp3) is 0.438. The summed E-state index contributed by atoms with van der Waals surface area (Å²) in [4.78, 5) is 36.0. The van der Waals surface area contributed by atoms with E-state index >= 15 is 0 Å². The quantitative estimate of drug-likeness (QED) is 0.626. The van der Waals surface area contributed by atoms with E-state index in [9.17, 15) is 23.7 Å². The molecule has 8 heteroatoms. The first-order valence-corrected chi connectivity index (χ1v) is 8.28. The largest absolute Gasteiger partial charge is 0.478 e. The van der Waals surface area contributed by atoms with Crippen LogP contribution in [0.1, 0.15) is 24.2 Å². The van der Waals surface area contributed by atoms with Crippen molar-refractivity contribution in [3.63, 3.8) is 0 Å². The number of carboxylic acids is 1. The topological polar surface area (TPSA) is 107 Å². The van der Waals surface area contributed by atoms with E-state index in [4.69, 9.17) is 9.47 Å². The van der Waals surface area contributed by atoms with Gasteiger partial charge in [0.1, 0.15) is 0 Å². The van der Waals surface area contributed by atoms with Crippen LogP contribution in [0.25, 0.3) is 0 Å². The van der Waals surface area contributed by atoms with E-state index in [1.165, 1.54) is 18.2 Å². The Balaban J connectivity index is 2.56. The minimum absolute atomic E-state index is 0.0535. The van der Waals surface area contributed by atoms with Crippen LogP contribution in [0.5, 0.6) is 0 Å². The lowest BCUT2D eigenvalue weighted by atomic mass is 9.96. The predicted molar refractivity (Wildman–Crippen MR) is 83.8 cm³/mol. The summed E-state index contributed by atoms with van der Waals surface area (Å²) in [6, 6.07) is 5.79. The molecule has 0 amide bonds. The number of ether oxygens (including phenoxy) is 2. The summed E-state index contributed by atoms with van der Waals surface area (Å²) in [6.45, 7) is 3.21. The molecule has 0 heterocycles. The number of esters is 2. The second-order valence-electron chi connectivity index (χ2n) is 5.99. The molecule has 0 aromatic heterocycles. The lowest BCUT2D eigenvalue weighted by molar-refractivity contribution is -0.163. The third-order valence-electron chi connectivity index (χ3n) is 4.54. The number of hydrogen-bond acceptors (Lipinski definition) is 6. The fourth-order valence-electron chi connectivity index (χ4n) is 3.24. The van der Waals surface area contributed by atoms with Gasteiger partial charge in [-0.2, -0.15) is 0 Å². The van der Waals surface area contributed by atoms with Gasteiger partial charge in [-0.05, 0) is 12.1 Å². The van der Waals surface area contributed by atoms with Crippen LogP contribution in [-0.4, -0.2) is 46.7 Å². The molecule has 1 fully saturated rings. The third-order valence-corrected chi connectivity index (χ3v) is 6.71. The number of carboxylic acid groups (broad SMARTS) is 1. The fourth-order valence-corrected chi connectivity index (χ4v) is 5.54. The summed E-state index contributed by atoms with van der Waals surface area (Å²) >= 11 is 0. The number of rotatable bonds is 5. The summed E-state index contributed by atoms with van der Waals surface area (Å²) in [6.07, 6.45) is 0. The minimum atomic E-state index is -1.92. The Hall–Kier alpha value is -2.22. The zero-order chi connectivity index (χ0) is 18.3. The van der Waals surface area contributed by atoms with Gasteiger partial charge in [-0.25, -0.2) is 4.79 Å². The zero-order valence-electron chi connectivity index (χ0n) is 13.7. The van der Waals surface area contributed by atoms with Crippen molar-refractivity contribution >= 4 is 28.7 Å². The lowest BCUT2D eigenvalue weighted by Gasteiger charge is -2.14. The van der Waals surface area contributed by atoms with Gasteiger partial charge in [0.2, 0.25) is 0 Å². The van der Waals surface area contributed by atoms with Gasteiger partial charge in [-0.3, -0.25) is 13.8 Å². The molecule has 24 heavy (non-hydrogen) atoms. The van der Waals surface area contributed by atoms with Crippen LogP contribution >= 0.6 is 0 Å². The Bertz CT molecular complexity index is 722. The van der Waals surface area contributed by atoms with Crippen LogP contribution in [0.4, 0.5) is 0 Å². The lowest BCUT2D eigenvalue weighted by Crippen LogP contribution is -2.35. The number of hydrogen-bond donors (Lipinski definition) is 1. The minimum Gasteiger partial charge on any atom is -0.478 e. The average Bonchev–Trinajstić information content (AvgIpc) is 3.09. The monoisotopic (exact) mass is 354 g/mol. The van der Waals surface area contributed by atoms with Gasteiger partial charge >= 0.3 is 17.9 Å². The maximum absolute atomic E-state index is 13.0. The van der Waals surface area contributed by atoms with Crippen LogP contribution < -0.4 is 0 Å². The smallest absolute Gasteiger partial charge is 0.336 e. The molecule has 0 spiro atoms. The van der Waals surface area contributed by atoms with E-state index in [0.29, 0.717) is 0 Å². The molecule has 1 aromatic rings. The van der Waals surface area contributed by atoms with E-state index in [-0.39, 0.29) is 10.5 Å². The van der Waals surface area contributed by atoms with Crippen molar-refractivity contribution in [3.05, 3.63) is 29.8 Å². The summed E-state index contributed by atoms with van der Waals surface area (Å²) < 4.78 is 22.5. The number of methoxy groups -OCH3 is 2. The van der Waals surface area contributed by atoms with Crippen molar-refractivity contribution < 1.29 is 33.2 Å². The Morgan fingerprint density at radius 1 is 1.08 bits per heavy atom. The van der Waals surface area contributed by atoms with Gasteiger partial charge in [-0.15, -0.1) is 0 Å². The number of carbonyl (C=O) groups excluding carboxylic acids is 2. The molecule has 1 aliphatic rings. The highest BCUT2D eigenvalue weighted by Gasteiger charge is 2.84. The summed E-state index contributed by atoms with van der Waals surface area (Å²) in [7, 11) is 0.341. The van der Waals surface area contributed by atoms with E-state index in [1.54, 1.807) is 19.9 Å². The van der Waals surface area contributed by atoms with Crippen molar-refractivity contribution in [2.45, 2.75) is 24.0 Å². The van der Waals surface area contributed by atoms with Crippen LogP contribution in [0.15, 0.2) is 29.2 Å². The van der Waals surface area contributed by atoms with Crippen molar-refractivity contribution in [1.82, 2.24) is 0 Å². The van der Waals surface area contributed by atoms with Crippen molar-refractivity contribution in [2.24, 2.45) is 10.8 Å². The van der Waals surface area contributed by atoms with Crippen molar-refractivity contribution in [2.75, 3.05) is 14.2 Å². The molecule has 7 nitrogen and oxygen atoms in total. The highest BCUT2D eigenvalue weighted by atomic mass is 32.2. The predicted octanol–water partition coefficient (Wildman–Crippen LogP) is 1.23. The van der Waals surface area contributed by atoms with Gasteiger partial charge in [-0.1, -0.05) is 26.0 Å². The van der Waals surface area contributed by atoms with Gasteiger partial charge < -0.3 is 14.6 Å². The van der Waals surface area contributed by atoms with Gasteiger partial charge in [0.05, 0.1) is 40.7 Å². The molecule has 0 radical (unpaired) electrons. The first-order chi connectivity index (χ1) is 11.2. The Labute approximate surface area is 141 Å². The second-order valence-corrected chi connectivity index (χ2v) is 7.50. The number of carbonyl (C=O) groups is 3. The molecule has 0 aliphatic heterocycles. The Morgan fingerprint density at radius 2 is 1.58 bits per heavy atom. The summed E-state index contributed by atoms with van der Waals surface area (Å²) in [5, 5.41) is 8.32. The highest BCUT2D eigenvalue weighted by Crippen LogP contribution is 2.68. The van der Waals surface area contributed by atoms with E-state index in [2.05, 4.69) is 0 Å². The van der Waals surface area contributed by atoms with Crippen molar-refractivity contribution in [1.29, 1.82) is 0 Å². The average molecular weight is 354 g/mol. The number of benzene rings is 1. The van der Waals surface area contributed by atoms with E-state index < -0.39 is 44.8 Å². The van der Waals surface area contributed by atoms with E-state index in [1.807, 2.05) is 0 Å². The van der Waals surface area contributed by atoms with Crippen LogP contribution in [0.2, 0.25) is 0 Å². The molecule has 2 atom stereocenters. The van der Waals surface area contributed by atoms with Gasteiger partial charge in [0.25, 0.3) is 0 Å². The van der Waals surface area contributed by atoms with Crippen molar-refractivity contribution in [3.8, 4) is 0 Å². The third kappa shape index (κ3) is 2.24. The standard InChI is InChI=1S/C16H18O7S/c1-15(2)12(16(15,13(19)22-3)14(20)23-4)24(21)10-8-6-5-7-9(10)11(17)18/h5-8,12H,1-4H3,(H,17,18). The maximum atomic E-state index is 13.0. The maximum Gasteiger partial charge on any atom is 0.336 e. The molecule has 1 aliphatic carbocycles. The Morgan fingerprint density at radius 3 is 2.04 bits per heavy atom. The molecule has 2 unspecified atom stereocenters. The summed E-state index contributed by atoms with van der Waals surface area (Å²) in [5.41, 5.74) is -2.88. The Kier molecular flexibility index (Phi) is 4.54. The SMILES string of the molecule is COC(=O)C1(C(=O)OC)C(S(=O)c2ccccc2C(=O)O)C1(C)C. The molecule has 1 aromatic carbocycles. The van der Waals surface area contributed by atoms with E-state index in [0.717, 1.165) is 14.2 Å². The number of aromatic carboxylic acids is 1. The van der Waals surface area contributed by atoms with Gasteiger partial charge in [0, 0.05) is 5.41 Å². The van der Waals surface area contributed by atoms with Crippen LogP contribution in [0, 0.1) is 10.8 Å². The molecular weight excluding hydrogens is 336 g/mol. The zero-order valence-corrected chi connectivity index (χ0v) is 14.5. The first-order valence-electron chi connectivity index (χ1n) is 7.07. The molecule has 0 saturated heterocycles. The van der Waals surface area contributed by atoms with Crippen LogP contribution in [0.3, 0.4) is 0 Å². The molecule has 0 bridgehead atoms. The molecule has 1 N–H and O–H groups in total. The first kappa shape index (κ1) is 18.1. The summed E-state index contributed by atoms with van der Waals surface area (Å²) in [5.74, 6) is -2.92. The molecular formula is C16H18O7S. The molecule has 2 rings (SSSR count). The van der Waals surface area contributed by atoms with Gasteiger partial charge in [0.15, 0.2) is 5.41 Å². The normalized spacial score (nSPS) is 21.4. The molecule has 130 valence electrons.